The first-order chi connectivity index (χ1) is 8.15. The van der Waals surface area contributed by atoms with Crippen LogP contribution in [0, 0.1) is 6.92 Å². The number of hydrogen-bond acceptors (Lipinski definition) is 4. The molecular weight excluding hydrogens is 218 g/mol. The van der Waals surface area contributed by atoms with Crippen molar-refractivity contribution in [2.45, 2.75) is 13.5 Å². The Labute approximate surface area is 98.4 Å². The van der Waals surface area contributed by atoms with Crippen LogP contribution < -0.4 is 10.4 Å². The normalized spacial score (nSPS) is 15.6. The molecule has 1 aliphatic heterocycles. The van der Waals surface area contributed by atoms with E-state index < -0.39 is 0 Å². The third kappa shape index (κ3) is 1.61. The number of rotatable bonds is 0. The molecular formula is C13H13NO3. The Balaban J connectivity index is 2.37. The van der Waals surface area contributed by atoms with E-state index >= 15 is 0 Å². The van der Waals surface area contributed by atoms with Gasteiger partial charge >= 0.3 is 5.63 Å². The quantitative estimate of drug-likeness (QED) is 0.649. The number of ether oxygens (including phenoxy) is 1. The van der Waals surface area contributed by atoms with Crippen LogP contribution in [-0.2, 0) is 6.54 Å². The molecule has 3 rings (SSSR count). The Hall–Kier alpha value is -1.81. The van der Waals surface area contributed by atoms with E-state index in [1.807, 2.05) is 31.0 Å². The summed E-state index contributed by atoms with van der Waals surface area (Å²) < 4.78 is 10.9. The van der Waals surface area contributed by atoms with Crippen LogP contribution in [0.25, 0.3) is 11.0 Å². The first-order valence-electron chi connectivity index (χ1n) is 5.53. The van der Waals surface area contributed by atoms with Crippen molar-refractivity contribution in [1.82, 2.24) is 4.90 Å². The minimum atomic E-state index is -0.309. The molecule has 2 aromatic rings. The summed E-state index contributed by atoms with van der Waals surface area (Å²) in [6.07, 6.45) is 0. The van der Waals surface area contributed by atoms with Crippen molar-refractivity contribution in [3.05, 3.63) is 39.7 Å². The van der Waals surface area contributed by atoms with E-state index in [4.69, 9.17) is 9.15 Å². The average molecular weight is 231 g/mol. The van der Waals surface area contributed by atoms with Gasteiger partial charge in [0, 0.05) is 18.0 Å². The molecule has 0 fully saturated rings. The SMILES string of the molecule is Cc1cc(=O)oc2c3c(ccc12)OCN(C)C3. The minimum Gasteiger partial charge on any atom is -0.478 e. The largest absolute Gasteiger partial charge is 0.478 e. The minimum absolute atomic E-state index is 0.309. The third-order valence-corrected chi connectivity index (χ3v) is 3.05. The number of fused-ring (bicyclic) bond motifs is 3. The van der Waals surface area contributed by atoms with Gasteiger partial charge in [0.1, 0.15) is 18.1 Å². The zero-order valence-corrected chi connectivity index (χ0v) is 9.82. The van der Waals surface area contributed by atoms with Gasteiger partial charge in [0.25, 0.3) is 0 Å². The fourth-order valence-corrected chi connectivity index (χ4v) is 2.20. The molecule has 0 bridgehead atoms. The van der Waals surface area contributed by atoms with Crippen molar-refractivity contribution < 1.29 is 9.15 Å². The first kappa shape index (κ1) is 10.4. The molecule has 1 aromatic heterocycles. The van der Waals surface area contributed by atoms with Crippen LogP contribution in [0.5, 0.6) is 5.75 Å². The first-order valence-corrected chi connectivity index (χ1v) is 5.53. The molecule has 88 valence electrons. The number of benzene rings is 1. The maximum atomic E-state index is 11.5. The number of hydrogen-bond donors (Lipinski definition) is 0. The molecule has 4 nitrogen and oxygen atoms in total. The second-order valence-corrected chi connectivity index (χ2v) is 4.45. The molecule has 0 atom stereocenters. The Bertz CT molecular complexity index is 645. The molecule has 2 heterocycles. The van der Waals surface area contributed by atoms with E-state index in [1.165, 1.54) is 6.07 Å². The highest BCUT2D eigenvalue weighted by atomic mass is 16.5. The number of aryl methyl sites for hydroxylation is 1. The van der Waals surface area contributed by atoms with Crippen molar-refractivity contribution in [1.29, 1.82) is 0 Å². The zero-order valence-electron chi connectivity index (χ0n) is 9.82. The van der Waals surface area contributed by atoms with Gasteiger partial charge in [-0.2, -0.15) is 0 Å². The Morgan fingerprint density at radius 1 is 1.35 bits per heavy atom. The van der Waals surface area contributed by atoms with Gasteiger partial charge in [-0.3, -0.25) is 4.90 Å². The van der Waals surface area contributed by atoms with Crippen molar-refractivity contribution in [3.8, 4) is 5.75 Å². The van der Waals surface area contributed by atoms with Gasteiger partial charge < -0.3 is 9.15 Å². The highest BCUT2D eigenvalue weighted by Gasteiger charge is 2.19. The summed E-state index contributed by atoms with van der Waals surface area (Å²) in [6.45, 7) is 3.21. The molecule has 17 heavy (non-hydrogen) atoms. The van der Waals surface area contributed by atoms with Gasteiger partial charge in [-0.05, 0) is 31.7 Å². The van der Waals surface area contributed by atoms with Crippen molar-refractivity contribution in [2.75, 3.05) is 13.8 Å². The van der Waals surface area contributed by atoms with Crippen LogP contribution in [0.4, 0.5) is 0 Å². The average Bonchev–Trinajstić information content (AvgIpc) is 2.28. The lowest BCUT2D eigenvalue weighted by molar-refractivity contribution is 0.122. The summed E-state index contributed by atoms with van der Waals surface area (Å²) in [7, 11) is 1.97. The predicted octanol–water partition coefficient (Wildman–Crippen LogP) is 1.88. The van der Waals surface area contributed by atoms with Gasteiger partial charge in [-0.25, -0.2) is 4.79 Å². The van der Waals surface area contributed by atoms with Crippen LogP contribution in [0.15, 0.2) is 27.4 Å². The third-order valence-electron chi connectivity index (χ3n) is 3.05. The van der Waals surface area contributed by atoms with Crippen molar-refractivity contribution in [3.63, 3.8) is 0 Å². The van der Waals surface area contributed by atoms with Gasteiger partial charge in [0.05, 0.1) is 5.56 Å². The summed E-state index contributed by atoms with van der Waals surface area (Å²) in [6, 6.07) is 5.40. The van der Waals surface area contributed by atoms with Gasteiger partial charge in [0.2, 0.25) is 0 Å². The van der Waals surface area contributed by atoms with E-state index in [1.54, 1.807) is 0 Å². The van der Waals surface area contributed by atoms with Crippen LogP contribution in [0.2, 0.25) is 0 Å². The smallest absolute Gasteiger partial charge is 0.336 e. The lowest BCUT2D eigenvalue weighted by Gasteiger charge is -2.25. The second kappa shape index (κ2) is 3.60. The highest BCUT2D eigenvalue weighted by molar-refractivity contribution is 5.85. The Morgan fingerprint density at radius 2 is 2.18 bits per heavy atom. The molecule has 0 unspecified atom stereocenters. The van der Waals surface area contributed by atoms with E-state index in [0.29, 0.717) is 12.3 Å². The summed E-state index contributed by atoms with van der Waals surface area (Å²) in [5.41, 5.74) is 2.24. The van der Waals surface area contributed by atoms with Gasteiger partial charge in [-0.1, -0.05) is 0 Å². The predicted molar refractivity (Wildman–Crippen MR) is 64.2 cm³/mol. The summed E-state index contributed by atoms with van der Waals surface area (Å²) in [5, 5.41) is 0.974. The summed E-state index contributed by atoms with van der Waals surface area (Å²) >= 11 is 0. The van der Waals surface area contributed by atoms with Crippen LogP contribution >= 0.6 is 0 Å². The molecule has 0 saturated carbocycles. The fourth-order valence-electron chi connectivity index (χ4n) is 2.20. The maximum absolute atomic E-state index is 11.5. The molecule has 4 heteroatoms. The monoisotopic (exact) mass is 231 g/mol. The van der Waals surface area contributed by atoms with E-state index in [9.17, 15) is 4.79 Å². The molecule has 1 aliphatic rings. The summed E-state index contributed by atoms with van der Waals surface area (Å²) in [5.74, 6) is 0.810. The standard InChI is InChI=1S/C13H13NO3/c1-8-5-12(15)17-13-9(8)3-4-11-10(13)6-14(2)7-16-11/h3-5H,6-7H2,1-2H3. The molecule has 0 amide bonds. The molecule has 0 spiro atoms. The molecule has 0 saturated heterocycles. The van der Waals surface area contributed by atoms with E-state index in [2.05, 4.69) is 0 Å². The highest BCUT2D eigenvalue weighted by Crippen LogP contribution is 2.32. The molecule has 0 radical (unpaired) electrons. The topological polar surface area (TPSA) is 42.7 Å². The molecule has 1 aromatic carbocycles. The van der Waals surface area contributed by atoms with E-state index in [0.717, 1.165) is 28.8 Å². The maximum Gasteiger partial charge on any atom is 0.336 e. The Kier molecular flexibility index (Phi) is 2.19. The molecule has 0 N–H and O–H groups in total. The zero-order chi connectivity index (χ0) is 12.0. The number of nitrogens with zero attached hydrogens (tertiary/aromatic N) is 1. The fraction of sp³-hybridized carbons (Fsp3) is 0.308. The Morgan fingerprint density at radius 3 is 3.00 bits per heavy atom. The van der Waals surface area contributed by atoms with Crippen LogP contribution in [0.3, 0.4) is 0 Å². The lowest BCUT2D eigenvalue weighted by atomic mass is 10.1. The van der Waals surface area contributed by atoms with Crippen LogP contribution in [-0.4, -0.2) is 18.7 Å². The van der Waals surface area contributed by atoms with Crippen LogP contribution in [0.1, 0.15) is 11.1 Å². The second-order valence-electron chi connectivity index (χ2n) is 4.45. The van der Waals surface area contributed by atoms with Crippen molar-refractivity contribution >= 4 is 11.0 Å². The summed E-state index contributed by atoms with van der Waals surface area (Å²) in [4.78, 5) is 13.5. The van der Waals surface area contributed by atoms with Gasteiger partial charge in [-0.15, -0.1) is 0 Å². The molecule has 0 aliphatic carbocycles. The van der Waals surface area contributed by atoms with Gasteiger partial charge in [0.15, 0.2) is 0 Å². The van der Waals surface area contributed by atoms with E-state index in [-0.39, 0.29) is 5.63 Å². The van der Waals surface area contributed by atoms with Crippen molar-refractivity contribution in [2.24, 2.45) is 0 Å². The lowest BCUT2D eigenvalue weighted by Crippen LogP contribution is -2.28.